The summed E-state index contributed by atoms with van der Waals surface area (Å²) in [4.78, 5) is 24.1. The van der Waals surface area contributed by atoms with E-state index in [0.29, 0.717) is 17.1 Å². The summed E-state index contributed by atoms with van der Waals surface area (Å²) in [6.07, 6.45) is -1.07. The lowest BCUT2D eigenvalue weighted by atomic mass is 10.2. The molecule has 3 aromatic rings. The van der Waals surface area contributed by atoms with E-state index < -0.39 is 18.0 Å². The number of ether oxygens (including phenoxy) is 1. The predicted molar refractivity (Wildman–Crippen MR) is 88.8 cm³/mol. The summed E-state index contributed by atoms with van der Waals surface area (Å²) in [6, 6.07) is 10.1. The van der Waals surface area contributed by atoms with Gasteiger partial charge < -0.3 is 19.0 Å². The molecule has 7 nitrogen and oxygen atoms in total. The zero-order valence-corrected chi connectivity index (χ0v) is 14.0. The van der Waals surface area contributed by atoms with Crippen LogP contribution in [-0.4, -0.2) is 23.1 Å². The average molecular weight is 358 g/mol. The number of halogens is 1. The Hall–Kier alpha value is -3.42. The number of benzene rings is 1. The standard InChI is InChI=1S/C18H15FN2O5/c1-10-9-16(21-26-10)20-17(22)11(2)24-18(23)15-8-7-14(25-15)12-3-5-13(19)6-4-12/h3-9,11H,1-2H3,(H,20,21,22). The van der Waals surface area contributed by atoms with E-state index in [1.165, 1.54) is 43.3 Å². The summed E-state index contributed by atoms with van der Waals surface area (Å²) < 4.78 is 28.3. The fraction of sp³-hybridized carbons (Fsp3) is 0.167. The van der Waals surface area contributed by atoms with Gasteiger partial charge in [-0.2, -0.15) is 0 Å². The van der Waals surface area contributed by atoms with Gasteiger partial charge in [0.25, 0.3) is 5.91 Å². The van der Waals surface area contributed by atoms with Crippen molar-refractivity contribution in [2.24, 2.45) is 0 Å². The van der Waals surface area contributed by atoms with Gasteiger partial charge in [0.2, 0.25) is 5.76 Å². The maximum absolute atomic E-state index is 13.0. The number of nitrogens with one attached hydrogen (secondary N) is 1. The SMILES string of the molecule is Cc1cc(NC(=O)C(C)OC(=O)c2ccc(-c3ccc(F)cc3)o2)no1. The van der Waals surface area contributed by atoms with Gasteiger partial charge in [0.05, 0.1) is 0 Å². The molecule has 8 heteroatoms. The first-order valence-corrected chi connectivity index (χ1v) is 7.73. The van der Waals surface area contributed by atoms with Gasteiger partial charge in [-0.1, -0.05) is 5.16 Å². The smallest absolute Gasteiger partial charge is 0.375 e. The predicted octanol–water partition coefficient (Wildman–Crippen LogP) is 3.57. The maximum Gasteiger partial charge on any atom is 0.375 e. The second-order valence-electron chi connectivity index (χ2n) is 5.53. The first-order valence-electron chi connectivity index (χ1n) is 7.73. The Morgan fingerprint density at radius 3 is 2.58 bits per heavy atom. The van der Waals surface area contributed by atoms with Crippen LogP contribution in [0.1, 0.15) is 23.2 Å². The van der Waals surface area contributed by atoms with Crippen LogP contribution in [0, 0.1) is 12.7 Å². The number of hydrogen-bond donors (Lipinski definition) is 1. The van der Waals surface area contributed by atoms with Crippen molar-refractivity contribution in [3.63, 3.8) is 0 Å². The minimum atomic E-state index is -1.07. The van der Waals surface area contributed by atoms with Crippen LogP contribution >= 0.6 is 0 Å². The highest BCUT2D eigenvalue weighted by Gasteiger charge is 2.22. The van der Waals surface area contributed by atoms with Crippen LogP contribution in [0.25, 0.3) is 11.3 Å². The van der Waals surface area contributed by atoms with Crippen LogP contribution in [0.2, 0.25) is 0 Å². The van der Waals surface area contributed by atoms with Crippen LogP contribution in [0.5, 0.6) is 0 Å². The number of anilines is 1. The second kappa shape index (κ2) is 7.22. The first kappa shape index (κ1) is 17.4. The summed E-state index contributed by atoms with van der Waals surface area (Å²) in [5.41, 5.74) is 0.609. The highest BCUT2D eigenvalue weighted by atomic mass is 19.1. The molecule has 1 amide bonds. The minimum absolute atomic E-state index is 0.0683. The third-order valence-corrected chi connectivity index (χ3v) is 3.47. The van der Waals surface area contributed by atoms with Crippen molar-refractivity contribution < 1.29 is 27.7 Å². The number of rotatable bonds is 5. The van der Waals surface area contributed by atoms with Crippen LogP contribution in [0.4, 0.5) is 10.2 Å². The molecule has 1 atom stereocenters. The lowest BCUT2D eigenvalue weighted by molar-refractivity contribution is -0.123. The molecule has 1 unspecified atom stereocenters. The van der Waals surface area contributed by atoms with Crippen molar-refractivity contribution >= 4 is 17.7 Å². The molecule has 0 radical (unpaired) electrons. The third-order valence-electron chi connectivity index (χ3n) is 3.47. The molecular formula is C18H15FN2O5. The molecule has 0 saturated heterocycles. The Morgan fingerprint density at radius 2 is 1.92 bits per heavy atom. The van der Waals surface area contributed by atoms with E-state index in [0.717, 1.165) is 0 Å². The number of carbonyl (C=O) groups excluding carboxylic acids is 2. The number of esters is 1. The molecule has 0 aliphatic carbocycles. The molecule has 0 saturated carbocycles. The van der Waals surface area contributed by atoms with Gasteiger partial charge in [-0.15, -0.1) is 0 Å². The van der Waals surface area contributed by atoms with Crippen LogP contribution < -0.4 is 5.32 Å². The summed E-state index contributed by atoms with van der Waals surface area (Å²) >= 11 is 0. The monoisotopic (exact) mass is 358 g/mol. The molecule has 0 aliphatic rings. The second-order valence-corrected chi connectivity index (χ2v) is 5.53. The van der Waals surface area contributed by atoms with Crippen molar-refractivity contribution in [1.82, 2.24) is 5.16 Å². The Balaban J connectivity index is 1.62. The lowest BCUT2D eigenvalue weighted by Gasteiger charge is -2.11. The third kappa shape index (κ3) is 3.97. The molecule has 26 heavy (non-hydrogen) atoms. The summed E-state index contributed by atoms with van der Waals surface area (Å²) in [5.74, 6) is -0.648. The maximum atomic E-state index is 13.0. The highest BCUT2D eigenvalue weighted by Crippen LogP contribution is 2.23. The topological polar surface area (TPSA) is 94.6 Å². The minimum Gasteiger partial charge on any atom is -0.449 e. The summed E-state index contributed by atoms with van der Waals surface area (Å²) in [6.45, 7) is 3.10. The number of aryl methyl sites for hydroxylation is 1. The number of nitrogens with zero attached hydrogens (tertiary/aromatic N) is 1. The molecule has 134 valence electrons. The fourth-order valence-corrected chi connectivity index (χ4v) is 2.14. The normalized spacial score (nSPS) is 11.8. The van der Waals surface area contributed by atoms with Gasteiger partial charge in [-0.25, -0.2) is 9.18 Å². The molecule has 0 bridgehead atoms. The van der Waals surface area contributed by atoms with E-state index in [2.05, 4.69) is 10.5 Å². The van der Waals surface area contributed by atoms with E-state index in [-0.39, 0.29) is 17.4 Å². The Labute approximate surface area is 147 Å². The molecule has 0 fully saturated rings. The number of furan rings is 1. The highest BCUT2D eigenvalue weighted by molar-refractivity contribution is 5.96. The molecule has 1 aromatic carbocycles. The van der Waals surface area contributed by atoms with Crippen molar-refractivity contribution in [2.45, 2.75) is 20.0 Å². The van der Waals surface area contributed by atoms with Crippen molar-refractivity contribution in [3.8, 4) is 11.3 Å². The molecule has 1 N–H and O–H groups in total. The zero-order valence-electron chi connectivity index (χ0n) is 14.0. The molecule has 2 heterocycles. The number of hydrogen-bond acceptors (Lipinski definition) is 6. The quantitative estimate of drug-likeness (QED) is 0.701. The van der Waals surface area contributed by atoms with E-state index in [1.807, 2.05) is 0 Å². The van der Waals surface area contributed by atoms with Crippen molar-refractivity contribution in [3.05, 3.63) is 59.8 Å². The zero-order chi connectivity index (χ0) is 18.7. The molecule has 3 rings (SSSR count). The van der Waals surface area contributed by atoms with E-state index in [1.54, 1.807) is 13.0 Å². The fourth-order valence-electron chi connectivity index (χ4n) is 2.14. The molecular weight excluding hydrogens is 343 g/mol. The molecule has 0 spiro atoms. The Kier molecular flexibility index (Phi) is 4.83. The van der Waals surface area contributed by atoms with Gasteiger partial charge in [-0.05, 0) is 50.2 Å². The summed E-state index contributed by atoms with van der Waals surface area (Å²) in [5, 5.41) is 6.09. The van der Waals surface area contributed by atoms with E-state index in [9.17, 15) is 14.0 Å². The Morgan fingerprint density at radius 1 is 1.19 bits per heavy atom. The lowest BCUT2D eigenvalue weighted by Crippen LogP contribution is -2.30. The average Bonchev–Trinajstić information content (AvgIpc) is 3.25. The summed E-state index contributed by atoms with van der Waals surface area (Å²) in [7, 11) is 0. The van der Waals surface area contributed by atoms with Gasteiger partial charge in [0.15, 0.2) is 11.9 Å². The van der Waals surface area contributed by atoms with Gasteiger partial charge in [0, 0.05) is 11.6 Å². The van der Waals surface area contributed by atoms with Crippen molar-refractivity contribution in [1.29, 1.82) is 0 Å². The number of amides is 1. The van der Waals surface area contributed by atoms with Crippen LogP contribution in [-0.2, 0) is 9.53 Å². The number of aromatic nitrogens is 1. The number of carbonyl (C=O) groups is 2. The van der Waals surface area contributed by atoms with Crippen molar-refractivity contribution in [2.75, 3.05) is 5.32 Å². The molecule has 2 aromatic heterocycles. The van der Waals surface area contributed by atoms with Gasteiger partial charge in [-0.3, -0.25) is 4.79 Å². The van der Waals surface area contributed by atoms with E-state index in [4.69, 9.17) is 13.7 Å². The largest absolute Gasteiger partial charge is 0.449 e. The first-order chi connectivity index (χ1) is 12.4. The van der Waals surface area contributed by atoms with Crippen LogP contribution in [0.15, 0.2) is 51.4 Å². The molecule has 0 aliphatic heterocycles. The Bertz CT molecular complexity index is 929. The van der Waals surface area contributed by atoms with E-state index >= 15 is 0 Å². The van der Waals surface area contributed by atoms with Gasteiger partial charge >= 0.3 is 5.97 Å². The van der Waals surface area contributed by atoms with Crippen LogP contribution in [0.3, 0.4) is 0 Å². The van der Waals surface area contributed by atoms with Gasteiger partial charge in [0.1, 0.15) is 17.3 Å².